The second-order valence-electron chi connectivity index (χ2n) is 6.41. The van der Waals surface area contributed by atoms with Gasteiger partial charge in [-0.3, -0.25) is 15.1 Å². The Morgan fingerprint density at radius 2 is 1.85 bits per heavy atom. The van der Waals surface area contributed by atoms with Gasteiger partial charge in [0.05, 0.1) is 16.6 Å². The number of nitrogens with one attached hydrogen (secondary N) is 1. The Balaban J connectivity index is 1.65. The van der Waals surface area contributed by atoms with Crippen LogP contribution in [0.25, 0.3) is 17.3 Å². The van der Waals surface area contributed by atoms with Gasteiger partial charge in [-0.1, -0.05) is 42.5 Å². The second-order valence-corrected chi connectivity index (χ2v) is 7.30. The molecule has 26 heavy (non-hydrogen) atoms. The molecule has 1 unspecified atom stereocenters. The van der Waals surface area contributed by atoms with Crippen molar-refractivity contribution in [2.45, 2.75) is 11.8 Å². The molecule has 0 saturated heterocycles. The molecule has 0 spiro atoms. The van der Waals surface area contributed by atoms with Crippen LogP contribution in [-0.2, 0) is 11.8 Å². The summed E-state index contributed by atoms with van der Waals surface area (Å²) in [7, 11) is 0. The maximum atomic E-state index is 4.59. The molecule has 4 aromatic rings. The van der Waals surface area contributed by atoms with Gasteiger partial charge >= 0.3 is 0 Å². The van der Waals surface area contributed by atoms with E-state index in [4.69, 9.17) is 0 Å². The third-order valence-electron chi connectivity index (χ3n) is 4.99. The first-order valence-electron chi connectivity index (χ1n) is 8.48. The SMILES string of the molecule is C1=CC(c2ccccc2)(c2cncs2)Cc2[nH]nc(-c3ccncc3)c21. The molecule has 0 bridgehead atoms. The standard InChI is InChI=1S/C21H16N4S/c1-2-4-16(5-3-1)21(19-13-23-14-26-19)9-6-17-18(12-21)24-25-20(17)15-7-10-22-11-8-15/h1-11,13-14H,12H2,(H,24,25). The molecule has 0 saturated carbocycles. The lowest BCUT2D eigenvalue weighted by atomic mass is 9.72. The van der Waals surface area contributed by atoms with Gasteiger partial charge in [-0.2, -0.15) is 5.10 Å². The Kier molecular flexibility index (Phi) is 3.53. The highest BCUT2D eigenvalue weighted by atomic mass is 32.1. The van der Waals surface area contributed by atoms with E-state index in [1.54, 1.807) is 23.7 Å². The van der Waals surface area contributed by atoms with Gasteiger partial charge in [0.25, 0.3) is 0 Å². The van der Waals surface area contributed by atoms with Crippen molar-refractivity contribution in [2.24, 2.45) is 0 Å². The summed E-state index contributed by atoms with van der Waals surface area (Å²) in [6.07, 6.45) is 10.9. The minimum Gasteiger partial charge on any atom is -0.281 e. The first-order valence-corrected chi connectivity index (χ1v) is 9.36. The molecule has 0 radical (unpaired) electrons. The molecular formula is C21H16N4S. The fourth-order valence-electron chi connectivity index (χ4n) is 3.68. The molecule has 1 N–H and O–H groups in total. The highest BCUT2D eigenvalue weighted by Gasteiger charge is 2.37. The zero-order chi connectivity index (χ0) is 17.4. The molecule has 126 valence electrons. The molecule has 1 atom stereocenters. The molecular weight excluding hydrogens is 340 g/mol. The van der Waals surface area contributed by atoms with Gasteiger partial charge in [0.1, 0.15) is 0 Å². The van der Waals surface area contributed by atoms with Crippen molar-refractivity contribution in [1.29, 1.82) is 0 Å². The van der Waals surface area contributed by atoms with E-state index >= 15 is 0 Å². The number of allylic oxidation sites excluding steroid dienone is 1. The van der Waals surface area contributed by atoms with Gasteiger partial charge in [0, 0.05) is 46.7 Å². The van der Waals surface area contributed by atoms with Gasteiger partial charge in [0.15, 0.2) is 0 Å². The molecule has 1 aliphatic carbocycles. The number of hydrogen-bond acceptors (Lipinski definition) is 4. The number of nitrogens with zero attached hydrogens (tertiary/aromatic N) is 3. The molecule has 0 aliphatic heterocycles. The van der Waals surface area contributed by atoms with E-state index in [2.05, 4.69) is 62.6 Å². The number of pyridine rings is 1. The Morgan fingerprint density at radius 3 is 2.62 bits per heavy atom. The van der Waals surface area contributed by atoms with E-state index in [1.165, 1.54) is 10.4 Å². The van der Waals surface area contributed by atoms with Crippen LogP contribution in [-0.4, -0.2) is 20.2 Å². The Morgan fingerprint density at radius 1 is 1.00 bits per heavy atom. The summed E-state index contributed by atoms with van der Waals surface area (Å²) in [5.41, 5.74) is 7.32. The smallest absolute Gasteiger partial charge is 0.0996 e. The van der Waals surface area contributed by atoms with Crippen LogP contribution in [0.1, 0.15) is 21.7 Å². The molecule has 0 amide bonds. The van der Waals surface area contributed by atoms with E-state index < -0.39 is 0 Å². The third kappa shape index (κ3) is 2.32. The minimum atomic E-state index is -0.211. The van der Waals surface area contributed by atoms with Crippen LogP contribution in [0.3, 0.4) is 0 Å². The average Bonchev–Trinajstić information content (AvgIpc) is 3.39. The normalized spacial score (nSPS) is 18.6. The second kappa shape index (κ2) is 6.04. The van der Waals surface area contributed by atoms with Crippen LogP contribution in [0.15, 0.2) is 72.6 Å². The van der Waals surface area contributed by atoms with Crippen LogP contribution in [0.2, 0.25) is 0 Å². The van der Waals surface area contributed by atoms with Crippen molar-refractivity contribution in [3.05, 3.63) is 94.3 Å². The van der Waals surface area contributed by atoms with Crippen molar-refractivity contribution in [3.8, 4) is 11.3 Å². The fraction of sp³-hybridized carbons (Fsp3) is 0.0952. The van der Waals surface area contributed by atoms with E-state index in [0.29, 0.717) is 0 Å². The average molecular weight is 356 g/mol. The minimum absolute atomic E-state index is 0.211. The number of thiazole rings is 1. The predicted molar refractivity (Wildman–Crippen MR) is 104 cm³/mol. The number of hydrogen-bond donors (Lipinski definition) is 1. The van der Waals surface area contributed by atoms with Crippen LogP contribution in [0.4, 0.5) is 0 Å². The highest BCUT2D eigenvalue weighted by molar-refractivity contribution is 7.09. The summed E-state index contributed by atoms with van der Waals surface area (Å²) < 4.78 is 0. The van der Waals surface area contributed by atoms with Crippen LogP contribution in [0, 0.1) is 0 Å². The van der Waals surface area contributed by atoms with Gasteiger partial charge in [-0.25, -0.2) is 0 Å². The number of fused-ring (bicyclic) bond motifs is 1. The summed E-state index contributed by atoms with van der Waals surface area (Å²) in [6, 6.07) is 14.6. The lowest BCUT2D eigenvalue weighted by Crippen LogP contribution is -2.29. The summed E-state index contributed by atoms with van der Waals surface area (Å²) >= 11 is 1.70. The summed E-state index contributed by atoms with van der Waals surface area (Å²) in [5, 5.41) is 7.87. The van der Waals surface area contributed by atoms with E-state index in [0.717, 1.165) is 28.9 Å². The molecule has 5 heteroatoms. The predicted octanol–water partition coefficient (Wildman–Crippen LogP) is 4.48. The van der Waals surface area contributed by atoms with Crippen molar-refractivity contribution < 1.29 is 0 Å². The first kappa shape index (κ1) is 15.2. The highest BCUT2D eigenvalue weighted by Crippen LogP contribution is 2.44. The molecule has 4 nitrogen and oxygen atoms in total. The zero-order valence-corrected chi connectivity index (χ0v) is 14.8. The number of H-pyrrole nitrogens is 1. The summed E-state index contributed by atoms with van der Waals surface area (Å²) in [4.78, 5) is 9.67. The fourth-order valence-corrected chi connectivity index (χ4v) is 4.50. The van der Waals surface area contributed by atoms with E-state index in [9.17, 15) is 0 Å². The number of aromatic amines is 1. The Bertz CT molecular complexity index is 1050. The number of benzene rings is 1. The van der Waals surface area contributed by atoms with Gasteiger partial charge in [-0.15, -0.1) is 11.3 Å². The summed E-state index contributed by atoms with van der Waals surface area (Å²) in [5.74, 6) is 0. The zero-order valence-electron chi connectivity index (χ0n) is 14.0. The molecule has 0 fully saturated rings. The monoisotopic (exact) mass is 356 g/mol. The van der Waals surface area contributed by atoms with Crippen LogP contribution in [0.5, 0.6) is 0 Å². The van der Waals surface area contributed by atoms with Crippen LogP contribution >= 0.6 is 11.3 Å². The van der Waals surface area contributed by atoms with E-state index in [1.807, 2.05) is 23.8 Å². The maximum Gasteiger partial charge on any atom is 0.0996 e. The van der Waals surface area contributed by atoms with Crippen LogP contribution < -0.4 is 0 Å². The lowest BCUT2D eigenvalue weighted by molar-refractivity contribution is 0.631. The van der Waals surface area contributed by atoms with Crippen molar-refractivity contribution >= 4 is 17.4 Å². The summed E-state index contributed by atoms with van der Waals surface area (Å²) in [6.45, 7) is 0. The Hall–Kier alpha value is -3.05. The van der Waals surface area contributed by atoms with Crippen molar-refractivity contribution in [3.63, 3.8) is 0 Å². The number of rotatable bonds is 3. The number of aromatic nitrogens is 4. The molecule has 3 aromatic heterocycles. The van der Waals surface area contributed by atoms with E-state index in [-0.39, 0.29) is 5.41 Å². The largest absolute Gasteiger partial charge is 0.281 e. The van der Waals surface area contributed by atoms with Gasteiger partial charge < -0.3 is 0 Å². The molecule has 3 heterocycles. The van der Waals surface area contributed by atoms with Crippen molar-refractivity contribution in [2.75, 3.05) is 0 Å². The van der Waals surface area contributed by atoms with Crippen molar-refractivity contribution in [1.82, 2.24) is 20.2 Å². The topological polar surface area (TPSA) is 54.5 Å². The Labute approximate surface area is 155 Å². The molecule has 5 rings (SSSR count). The quantitative estimate of drug-likeness (QED) is 0.589. The lowest BCUT2D eigenvalue weighted by Gasteiger charge is -2.32. The maximum absolute atomic E-state index is 4.59. The van der Waals surface area contributed by atoms with Gasteiger partial charge in [0.2, 0.25) is 0 Å². The third-order valence-corrected chi connectivity index (χ3v) is 5.94. The van der Waals surface area contributed by atoms with Gasteiger partial charge in [-0.05, 0) is 17.7 Å². The first-order chi connectivity index (χ1) is 12.9. The molecule has 1 aromatic carbocycles. The molecule has 1 aliphatic rings.